The molecule has 0 aromatic carbocycles. The molecular formula is C17H25N3O4. The molecule has 3 rings (SSSR count). The van der Waals surface area contributed by atoms with Gasteiger partial charge in [0.05, 0.1) is 25.7 Å². The van der Waals surface area contributed by atoms with Crippen LogP contribution in [0.5, 0.6) is 0 Å². The van der Waals surface area contributed by atoms with Crippen LogP contribution >= 0.6 is 0 Å². The fraction of sp³-hybridized carbons (Fsp3) is 0.706. The van der Waals surface area contributed by atoms with E-state index in [1.54, 1.807) is 4.90 Å². The first-order chi connectivity index (χ1) is 11.4. The lowest BCUT2D eigenvalue weighted by atomic mass is 9.81. The second-order valence-electron chi connectivity index (χ2n) is 7.15. The molecule has 0 saturated carbocycles. The molecule has 1 aliphatic carbocycles. The minimum Gasteiger partial charge on any atom is -0.391 e. The summed E-state index contributed by atoms with van der Waals surface area (Å²) in [6.07, 6.45) is 4.00. The van der Waals surface area contributed by atoms with E-state index in [0.29, 0.717) is 26.1 Å². The van der Waals surface area contributed by atoms with Gasteiger partial charge < -0.3 is 5.11 Å². The molecule has 7 nitrogen and oxygen atoms in total. The van der Waals surface area contributed by atoms with E-state index in [-0.39, 0.29) is 42.6 Å². The van der Waals surface area contributed by atoms with Gasteiger partial charge in [0, 0.05) is 31.5 Å². The second kappa shape index (κ2) is 7.13. The lowest BCUT2D eigenvalue weighted by Gasteiger charge is -2.34. The van der Waals surface area contributed by atoms with E-state index in [1.165, 1.54) is 5.57 Å². The maximum Gasteiger partial charge on any atom is 0.240 e. The number of hydrogen-bond donors (Lipinski definition) is 2. The van der Waals surface area contributed by atoms with Crippen LogP contribution in [0.15, 0.2) is 11.6 Å². The van der Waals surface area contributed by atoms with Crippen molar-refractivity contribution in [1.29, 1.82) is 0 Å². The smallest absolute Gasteiger partial charge is 0.240 e. The van der Waals surface area contributed by atoms with Crippen molar-refractivity contribution in [1.82, 2.24) is 15.1 Å². The number of piperazine rings is 1. The van der Waals surface area contributed by atoms with E-state index in [4.69, 9.17) is 0 Å². The van der Waals surface area contributed by atoms with Crippen molar-refractivity contribution in [3.63, 3.8) is 0 Å². The molecule has 0 radical (unpaired) electrons. The summed E-state index contributed by atoms with van der Waals surface area (Å²) in [6, 6.07) is -0.0172. The standard InChI is InChI=1S/C17H25N3O4/c1-11(6-19-9-16(23)18-17(24)10-19)20-7-13(21)5-14(15(22)8-20)12-3-2-4-12/h3,11,14-15,22H,2,4-10H2,1H3,(H,18,23,24). The minimum atomic E-state index is -0.545. The third kappa shape index (κ3) is 3.91. The van der Waals surface area contributed by atoms with Crippen molar-refractivity contribution in [2.45, 2.75) is 38.3 Å². The Balaban J connectivity index is 1.61. The van der Waals surface area contributed by atoms with Gasteiger partial charge in [-0.1, -0.05) is 11.6 Å². The number of amides is 2. The van der Waals surface area contributed by atoms with Crippen LogP contribution in [0.2, 0.25) is 0 Å². The van der Waals surface area contributed by atoms with Gasteiger partial charge in [0.1, 0.15) is 5.78 Å². The average Bonchev–Trinajstić information content (AvgIpc) is 2.55. The molecule has 2 aliphatic heterocycles. The molecule has 0 bridgehead atoms. The van der Waals surface area contributed by atoms with Crippen molar-refractivity contribution in [2.24, 2.45) is 5.92 Å². The maximum absolute atomic E-state index is 12.3. The fourth-order valence-electron chi connectivity index (χ4n) is 3.78. The monoisotopic (exact) mass is 335 g/mol. The number of carbonyl (C=O) groups is 3. The van der Waals surface area contributed by atoms with Crippen LogP contribution in [0.4, 0.5) is 0 Å². The third-order valence-electron chi connectivity index (χ3n) is 5.19. The molecule has 2 amide bonds. The van der Waals surface area contributed by atoms with Crippen molar-refractivity contribution >= 4 is 17.6 Å². The molecule has 0 aromatic heterocycles. The highest BCUT2D eigenvalue weighted by atomic mass is 16.3. The van der Waals surface area contributed by atoms with Crippen molar-refractivity contribution in [3.05, 3.63) is 11.6 Å². The quantitative estimate of drug-likeness (QED) is 0.522. The zero-order valence-electron chi connectivity index (χ0n) is 14.0. The number of nitrogens with one attached hydrogen (secondary N) is 1. The number of Topliss-reactive ketones (excluding diaryl/α,β-unsaturated/α-hetero) is 1. The van der Waals surface area contributed by atoms with Crippen LogP contribution < -0.4 is 5.32 Å². The summed E-state index contributed by atoms with van der Waals surface area (Å²) in [5.41, 5.74) is 1.21. The highest BCUT2D eigenvalue weighted by molar-refractivity contribution is 5.99. The van der Waals surface area contributed by atoms with Gasteiger partial charge in [-0.25, -0.2) is 0 Å². The first-order valence-electron chi connectivity index (χ1n) is 8.60. The average molecular weight is 335 g/mol. The number of allylic oxidation sites excluding steroid dienone is 1. The summed E-state index contributed by atoms with van der Waals surface area (Å²) in [6.45, 7) is 3.64. The normalized spacial score (nSPS) is 31.1. The molecule has 24 heavy (non-hydrogen) atoms. The Morgan fingerprint density at radius 1 is 1.25 bits per heavy atom. The van der Waals surface area contributed by atoms with Crippen LogP contribution in [0.25, 0.3) is 0 Å². The number of aliphatic hydroxyl groups is 1. The number of hydrogen-bond acceptors (Lipinski definition) is 6. The molecule has 3 atom stereocenters. The number of carbonyl (C=O) groups excluding carboxylic acids is 3. The highest BCUT2D eigenvalue weighted by Gasteiger charge is 2.35. The number of rotatable bonds is 4. The molecule has 2 heterocycles. The predicted molar refractivity (Wildman–Crippen MR) is 87.1 cm³/mol. The number of ketones is 1. The van der Waals surface area contributed by atoms with Gasteiger partial charge in [-0.2, -0.15) is 0 Å². The Hall–Kier alpha value is -1.57. The molecule has 132 valence electrons. The van der Waals surface area contributed by atoms with E-state index >= 15 is 0 Å². The van der Waals surface area contributed by atoms with Gasteiger partial charge in [0.2, 0.25) is 11.8 Å². The topological polar surface area (TPSA) is 90.0 Å². The molecule has 0 spiro atoms. The first kappa shape index (κ1) is 17.3. The summed E-state index contributed by atoms with van der Waals surface area (Å²) in [7, 11) is 0. The number of aliphatic hydroxyl groups excluding tert-OH is 1. The summed E-state index contributed by atoms with van der Waals surface area (Å²) < 4.78 is 0. The molecule has 3 aliphatic rings. The van der Waals surface area contributed by atoms with E-state index in [9.17, 15) is 19.5 Å². The minimum absolute atomic E-state index is 0.0172. The van der Waals surface area contributed by atoms with Gasteiger partial charge in [-0.05, 0) is 19.8 Å². The molecule has 2 saturated heterocycles. The van der Waals surface area contributed by atoms with Crippen LogP contribution in [0, 0.1) is 5.92 Å². The van der Waals surface area contributed by atoms with Crippen LogP contribution in [0.1, 0.15) is 26.2 Å². The summed E-state index contributed by atoms with van der Waals surface area (Å²) in [5, 5.41) is 12.8. The number of nitrogens with zero attached hydrogens (tertiary/aromatic N) is 2. The molecule has 7 heteroatoms. The number of imide groups is 1. The van der Waals surface area contributed by atoms with E-state index in [0.717, 1.165) is 12.8 Å². The van der Waals surface area contributed by atoms with Crippen LogP contribution in [-0.2, 0) is 14.4 Å². The lowest BCUT2D eigenvalue weighted by molar-refractivity contribution is -0.136. The van der Waals surface area contributed by atoms with Gasteiger partial charge in [0.25, 0.3) is 0 Å². The molecular weight excluding hydrogens is 310 g/mol. The van der Waals surface area contributed by atoms with Crippen molar-refractivity contribution in [3.8, 4) is 0 Å². The zero-order chi connectivity index (χ0) is 17.3. The van der Waals surface area contributed by atoms with Crippen LogP contribution in [0.3, 0.4) is 0 Å². The summed E-state index contributed by atoms with van der Waals surface area (Å²) in [4.78, 5) is 39.0. The zero-order valence-corrected chi connectivity index (χ0v) is 14.0. The van der Waals surface area contributed by atoms with Crippen molar-refractivity contribution < 1.29 is 19.5 Å². The van der Waals surface area contributed by atoms with Gasteiger partial charge in [-0.15, -0.1) is 0 Å². The first-order valence-corrected chi connectivity index (χ1v) is 8.60. The highest BCUT2D eigenvalue weighted by Crippen LogP contribution is 2.33. The Kier molecular flexibility index (Phi) is 5.12. The van der Waals surface area contributed by atoms with Crippen molar-refractivity contribution in [2.75, 3.05) is 32.7 Å². The van der Waals surface area contributed by atoms with E-state index < -0.39 is 6.10 Å². The molecule has 0 aromatic rings. The Labute approximate surface area is 141 Å². The molecule has 2 N–H and O–H groups in total. The number of likely N-dealkylation sites (tertiary alicyclic amines) is 1. The summed E-state index contributed by atoms with van der Waals surface area (Å²) in [5.74, 6) is -0.487. The molecule has 3 unspecified atom stereocenters. The summed E-state index contributed by atoms with van der Waals surface area (Å²) >= 11 is 0. The molecule has 2 fully saturated rings. The SMILES string of the molecule is CC(CN1CC(=O)NC(=O)C1)N1CC(=O)CC(C2=CCC2)C(O)C1. The Morgan fingerprint density at radius 3 is 2.50 bits per heavy atom. The Morgan fingerprint density at radius 2 is 1.92 bits per heavy atom. The van der Waals surface area contributed by atoms with Gasteiger partial charge >= 0.3 is 0 Å². The lowest BCUT2D eigenvalue weighted by Crippen LogP contribution is -2.55. The van der Waals surface area contributed by atoms with Gasteiger partial charge in [0.15, 0.2) is 0 Å². The second-order valence-corrected chi connectivity index (χ2v) is 7.15. The van der Waals surface area contributed by atoms with Gasteiger partial charge in [-0.3, -0.25) is 29.5 Å². The fourth-order valence-corrected chi connectivity index (χ4v) is 3.78. The largest absolute Gasteiger partial charge is 0.391 e. The van der Waals surface area contributed by atoms with E-state index in [1.807, 2.05) is 11.8 Å². The predicted octanol–water partition coefficient (Wildman–Crippen LogP) is -0.695. The maximum atomic E-state index is 12.3. The van der Waals surface area contributed by atoms with E-state index in [2.05, 4.69) is 11.4 Å². The van der Waals surface area contributed by atoms with Crippen LogP contribution in [-0.4, -0.2) is 77.4 Å². The third-order valence-corrected chi connectivity index (χ3v) is 5.19. The number of β-amino-alcohol motifs (C(OH)–C–C–N with tert-alkyl or cyclic N) is 1. The Bertz CT molecular complexity index is 558.